The van der Waals surface area contributed by atoms with Crippen LogP contribution in [0.4, 0.5) is 13.2 Å². The number of amides is 1. The molecule has 0 spiro atoms. The van der Waals surface area contributed by atoms with Crippen molar-refractivity contribution in [3.8, 4) is 5.88 Å². The van der Waals surface area contributed by atoms with Gasteiger partial charge in [-0.05, 0) is 18.2 Å². The molecule has 0 aliphatic carbocycles. The van der Waals surface area contributed by atoms with E-state index in [4.69, 9.17) is 0 Å². The first-order valence-electron chi connectivity index (χ1n) is 7.87. The van der Waals surface area contributed by atoms with Gasteiger partial charge in [-0.25, -0.2) is 4.98 Å². The molecule has 0 unspecified atom stereocenters. The molecule has 0 radical (unpaired) electrons. The van der Waals surface area contributed by atoms with Crippen molar-refractivity contribution in [2.24, 2.45) is 0 Å². The average Bonchev–Trinajstić information content (AvgIpc) is 2.65. The normalized spacial score (nSPS) is 11.4. The second-order valence-electron chi connectivity index (χ2n) is 5.63. The Morgan fingerprint density at radius 1 is 1.19 bits per heavy atom. The molecule has 0 atom stereocenters. The summed E-state index contributed by atoms with van der Waals surface area (Å²) in [4.78, 5) is 31.4. The quantitative estimate of drug-likeness (QED) is 0.716. The number of benzene rings is 1. The molecule has 27 heavy (non-hydrogen) atoms. The molecule has 2 aromatic heterocycles. The number of hydrogen-bond acceptors (Lipinski definition) is 4. The van der Waals surface area contributed by atoms with Gasteiger partial charge in [0.2, 0.25) is 11.3 Å². The number of hydrogen-bond donors (Lipinski definition) is 2. The standard InChI is InChI=1S/C18H14F3N3O3/c19-18(20,21)10-27-17-11(4-3-7-22-17)8-24-16(26)13-9-23-14-6-2-1-5-12(14)15(13)25/h1-7,9H,8,10H2,(H,23,25)(H,24,26). The monoisotopic (exact) mass is 377 g/mol. The minimum absolute atomic E-state index is 0.102. The van der Waals surface area contributed by atoms with Crippen molar-refractivity contribution in [3.05, 3.63) is 70.1 Å². The lowest BCUT2D eigenvalue weighted by Crippen LogP contribution is -2.29. The number of carbonyl (C=O) groups is 1. The topological polar surface area (TPSA) is 84.1 Å². The average molecular weight is 377 g/mol. The van der Waals surface area contributed by atoms with Crippen LogP contribution in [0.5, 0.6) is 5.88 Å². The molecule has 0 bridgehead atoms. The van der Waals surface area contributed by atoms with Crippen LogP contribution >= 0.6 is 0 Å². The summed E-state index contributed by atoms with van der Waals surface area (Å²) < 4.78 is 41.6. The van der Waals surface area contributed by atoms with E-state index in [1.165, 1.54) is 24.5 Å². The van der Waals surface area contributed by atoms with Crippen LogP contribution in [0.1, 0.15) is 15.9 Å². The fraction of sp³-hybridized carbons (Fsp3) is 0.167. The van der Waals surface area contributed by atoms with Gasteiger partial charge in [0.05, 0.1) is 0 Å². The molecule has 3 rings (SSSR count). The SMILES string of the molecule is O=C(NCc1cccnc1OCC(F)(F)F)c1c[nH]c2ccccc2c1=O. The highest BCUT2D eigenvalue weighted by Crippen LogP contribution is 2.20. The van der Waals surface area contributed by atoms with Gasteiger partial charge in [0.25, 0.3) is 5.91 Å². The highest BCUT2D eigenvalue weighted by molar-refractivity contribution is 5.97. The molecule has 2 heterocycles. The molecule has 140 valence electrons. The van der Waals surface area contributed by atoms with Crippen molar-refractivity contribution in [1.29, 1.82) is 0 Å². The zero-order valence-corrected chi connectivity index (χ0v) is 13.8. The molecular weight excluding hydrogens is 363 g/mol. The Balaban J connectivity index is 1.75. The number of halogens is 3. The van der Waals surface area contributed by atoms with Gasteiger partial charge >= 0.3 is 6.18 Å². The summed E-state index contributed by atoms with van der Waals surface area (Å²) in [5.74, 6) is -0.893. The minimum atomic E-state index is -4.50. The third kappa shape index (κ3) is 4.43. The van der Waals surface area contributed by atoms with Crippen molar-refractivity contribution in [2.45, 2.75) is 12.7 Å². The third-order valence-corrected chi connectivity index (χ3v) is 3.69. The number of aromatic amines is 1. The summed E-state index contributed by atoms with van der Waals surface area (Å²) in [7, 11) is 0. The highest BCUT2D eigenvalue weighted by Gasteiger charge is 2.29. The first kappa shape index (κ1) is 18.4. The Hall–Kier alpha value is -3.36. The summed E-state index contributed by atoms with van der Waals surface area (Å²) in [6.45, 7) is -1.64. The van der Waals surface area contributed by atoms with Crippen LogP contribution in [0.25, 0.3) is 10.9 Å². The fourth-order valence-corrected chi connectivity index (χ4v) is 2.45. The molecule has 2 N–H and O–H groups in total. The Kier molecular flexibility index (Phi) is 5.11. The van der Waals surface area contributed by atoms with Gasteiger partial charge < -0.3 is 15.0 Å². The molecule has 1 aromatic carbocycles. The number of rotatable bonds is 5. The van der Waals surface area contributed by atoms with E-state index in [1.807, 2.05) is 0 Å². The van der Waals surface area contributed by atoms with Crippen LogP contribution in [-0.2, 0) is 6.54 Å². The first-order chi connectivity index (χ1) is 12.8. The fourth-order valence-electron chi connectivity index (χ4n) is 2.45. The van der Waals surface area contributed by atoms with E-state index in [1.54, 1.807) is 24.3 Å². The number of pyridine rings is 2. The number of nitrogens with one attached hydrogen (secondary N) is 2. The van der Waals surface area contributed by atoms with E-state index in [2.05, 4.69) is 20.0 Å². The van der Waals surface area contributed by atoms with Crippen molar-refractivity contribution >= 4 is 16.8 Å². The van der Waals surface area contributed by atoms with E-state index >= 15 is 0 Å². The maximum absolute atomic E-state index is 12.4. The predicted molar refractivity (Wildman–Crippen MR) is 91.5 cm³/mol. The molecule has 0 fully saturated rings. The molecule has 9 heteroatoms. The van der Waals surface area contributed by atoms with Crippen LogP contribution in [0.3, 0.4) is 0 Å². The number of aromatic nitrogens is 2. The van der Waals surface area contributed by atoms with Crippen molar-refractivity contribution in [1.82, 2.24) is 15.3 Å². The molecular formula is C18H14F3N3O3. The van der Waals surface area contributed by atoms with Gasteiger partial charge in [0.1, 0.15) is 5.56 Å². The number of H-pyrrole nitrogens is 1. The molecule has 0 saturated heterocycles. The smallest absolute Gasteiger partial charge is 0.422 e. The Bertz CT molecular complexity index is 1030. The van der Waals surface area contributed by atoms with Crippen molar-refractivity contribution < 1.29 is 22.7 Å². The Morgan fingerprint density at radius 2 is 1.96 bits per heavy atom. The lowest BCUT2D eigenvalue weighted by Gasteiger charge is -2.12. The molecule has 3 aromatic rings. The van der Waals surface area contributed by atoms with Crippen LogP contribution in [-0.4, -0.2) is 28.7 Å². The maximum Gasteiger partial charge on any atom is 0.422 e. The van der Waals surface area contributed by atoms with E-state index in [9.17, 15) is 22.8 Å². The number of fused-ring (bicyclic) bond motifs is 1. The van der Waals surface area contributed by atoms with Crippen LogP contribution < -0.4 is 15.5 Å². The summed E-state index contributed by atoms with van der Waals surface area (Å²) in [6, 6.07) is 9.71. The number of alkyl halides is 3. The summed E-state index contributed by atoms with van der Waals surface area (Å²) in [5.41, 5.74) is 0.304. The molecule has 6 nitrogen and oxygen atoms in total. The van der Waals surface area contributed by atoms with Crippen LogP contribution in [0.15, 0.2) is 53.6 Å². The van der Waals surface area contributed by atoms with Gasteiger partial charge in [-0.2, -0.15) is 13.2 Å². The van der Waals surface area contributed by atoms with Gasteiger partial charge in [0, 0.05) is 35.4 Å². The summed E-state index contributed by atoms with van der Waals surface area (Å²) in [6.07, 6.45) is -1.92. The maximum atomic E-state index is 12.4. The summed E-state index contributed by atoms with van der Waals surface area (Å²) >= 11 is 0. The molecule has 1 amide bonds. The van der Waals surface area contributed by atoms with E-state index in [0.717, 1.165) is 0 Å². The minimum Gasteiger partial charge on any atom is -0.468 e. The largest absolute Gasteiger partial charge is 0.468 e. The first-order valence-corrected chi connectivity index (χ1v) is 7.87. The van der Waals surface area contributed by atoms with E-state index in [-0.39, 0.29) is 23.6 Å². The van der Waals surface area contributed by atoms with Crippen molar-refractivity contribution in [3.63, 3.8) is 0 Å². The van der Waals surface area contributed by atoms with Crippen molar-refractivity contribution in [2.75, 3.05) is 6.61 Å². The second-order valence-corrected chi connectivity index (χ2v) is 5.63. The zero-order chi connectivity index (χ0) is 19.4. The molecule has 0 aliphatic heterocycles. The van der Waals surface area contributed by atoms with Crippen LogP contribution in [0, 0.1) is 0 Å². The number of nitrogens with zero attached hydrogens (tertiary/aromatic N) is 1. The van der Waals surface area contributed by atoms with E-state index in [0.29, 0.717) is 10.9 Å². The summed E-state index contributed by atoms with van der Waals surface area (Å²) in [5, 5.41) is 2.86. The number of ether oxygens (including phenoxy) is 1. The Labute approximate surface area is 151 Å². The van der Waals surface area contributed by atoms with Gasteiger partial charge in [-0.1, -0.05) is 18.2 Å². The van der Waals surface area contributed by atoms with Crippen LogP contribution in [0.2, 0.25) is 0 Å². The van der Waals surface area contributed by atoms with Gasteiger partial charge in [-0.15, -0.1) is 0 Å². The lowest BCUT2D eigenvalue weighted by molar-refractivity contribution is -0.154. The molecule has 0 aliphatic rings. The third-order valence-electron chi connectivity index (χ3n) is 3.69. The van der Waals surface area contributed by atoms with Gasteiger partial charge in [0.15, 0.2) is 6.61 Å². The molecule has 0 saturated carbocycles. The predicted octanol–water partition coefficient (Wildman–Crippen LogP) is 2.79. The van der Waals surface area contributed by atoms with Gasteiger partial charge in [-0.3, -0.25) is 9.59 Å². The number of para-hydroxylation sites is 1. The van der Waals surface area contributed by atoms with E-state index < -0.39 is 24.1 Å². The Morgan fingerprint density at radius 3 is 2.74 bits per heavy atom. The second kappa shape index (κ2) is 7.48. The zero-order valence-electron chi connectivity index (χ0n) is 13.8. The highest BCUT2D eigenvalue weighted by atomic mass is 19.4. The lowest BCUT2D eigenvalue weighted by atomic mass is 10.1. The number of carbonyl (C=O) groups excluding carboxylic acids is 1.